The summed E-state index contributed by atoms with van der Waals surface area (Å²) in [7, 11) is 1.08. The first kappa shape index (κ1) is 26.3. The number of alkyl halides is 1. The monoisotopic (exact) mass is 528 g/mol. The van der Waals surface area contributed by atoms with E-state index >= 15 is 0 Å². The van der Waals surface area contributed by atoms with E-state index in [0.29, 0.717) is 0 Å². The van der Waals surface area contributed by atoms with E-state index in [9.17, 15) is 0 Å². The minimum atomic E-state index is 0. The van der Waals surface area contributed by atoms with E-state index in [1.807, 2.05) is 0 Å². The van der Waals surface area contributed by atoms with Crippen LogP contribution >= 0.6 is 11.6 Å². The van der Waals surface area contributed by atoms with Gasteiger partial charge in [-0.2, -0.15) is 0 Å². The third kappa shape index (κ3) is 6.07. The van der Waals surface area contributed by atoms with Gasteiger partial charge in [0.1, 0.15) is 0 Å². The molecule has 0 fully saturated rings. The molecular formula is C29H27ClSiZr. The van der Waals surface area contributed by atoms with Gasteiger partial charge in [-0.25, -0.2) is 0 Å². The Hall–Kier alpha value is -1.99. The molecule has 0 saturated heterocycles. The molecule has 0 amide bonds. The summed E-state index contributed by atoms with van der Waals surface area (Å²) in [6, 6.07) is 38.5. The molecule has 0 aliphatic heterocycles. The van der Waals surface area contributed by atoms with Gasteiger partial charge in [-0.05, 0) is 0 Å². The second-order valence-corrected chi connectivity index (χ2v) is 8.14. The third-order valence-corrected chi connectivity index (χ3v) is 5.05. The summed E-state index contributed by atoms with van der Waals surface area (Å²) >= 11 is 4.64. The number of hydrogen-bond donors (Lipinski definition) is 0. The van der Waals surface area contributed by atoms with E-state index < -0.39 is 0 Å². The molecule has 6 aromatic carbocycles. The van der Waals surface area contributed by atoms with Gasteiger partial charge >= 0.3 is 26.2 Å². The molecule has 158 valence electrons. The van der Waals surface area contributed by atoms with Gasteiger partial charge in [0.05, 0.1) is 0 Å². The molecule has 0 saturated carbocycles. The zero-order chi connectivity index (χ0) is 22.1. The molecule has 6 aromatic rings. The maximum absolute atomic E-state index is 4.64. The van der Waals surface area contributed by atoms with Crippen LogP contribution in [0.5, 0.6) is 0 Å². The van der Waals surface area contributed by atoms with Crippen molar-refractivity contribution in [1.82, 2.24) is 0 Å². The largest absolute Gasteiger partial charge is 2.00 e. The predicted octanol–water partition coefficient (Wildman–Crippen LogP) is 9.06. The van der Waals surface area contributed by atoms with Crippen LogP contribution in [0.3, 0.4) is 0 Å². The molecule has 0 aliphatic carbocycles. The third-order valence-electron chi connectivity index (χ3n) is 5.05. The van der Waals surface area contributed by atoms with E-state index in [-0.39, 0.29) is 26.2 Å². The van der Waals surface area contributed by atoms with E-state index in [0.717, 1.165) is 9.52 Å². The van der Waals surface area contributed by atoms with Gasteiger partial charge in [-0.15, -0.1) is 91.1 Å². The van der Waals surface area contributed by atoms with Gasteiger partial charge in [0.2, 0.25) is 0 Å². The second kappa shape index (κ2) is 13.5. The van der Waals surface area contributed by atoms with Crippen molar-refractivity contribution in [3.63, 3.8) is 0 Å². The van der Waals surface area contributed by atoms with E-state index in [1.54, 1.807) is 0 Å². The molecular weight excluding hydrogens is 503 g/mol. The van der Waals surface area contributed by atoms with Crippen molar-refractivity contribution in [1.29, 1.82) is 0 Å². The summed E-state index contributed by atoms with van der Waals surface area (Å²) < 4.78 is 0. The summed E-state index contributed by atoms with van der Waals surface area (Å²) in [5, 5.41) is 10.8. The van der Waals surface area contributed by atoms with Crippen molar-refractivity contribution in [3.8, 4) is 0 Å². The van der Waals surface area contributed by atoms with E-state index in [2.05, 4.69) is 134 Å². The minimum Gasteiger partial charge on any atom is -0.130 e. The molecule has 6 rings (SSSR count). The average Bonchev–Trinajstić information content (AvgIpc) is 3.40. The van der Waals surface area contributed by atoms with Crippen LogP contribution in [0.25, 0.3) is 43.1 Å². The van der Waals surface area contributed by atoms with Gasteiger partial charge in [0.15, 0.2) is 0 Å². The Morgan fingerprint density at radius 2 is 0.656 bits per heavy atom. The Kier molecular flexibility index (Phi) is 11.1. The zero-order valence-electron chi connectivity index (χ0n) is 18.8. The van der Waals surface area contributed by atoms with Crippen LogP contribution in [0.2, 0.25) is 13.1 Å². The van der Waals surface area contributed by atoms with Crippen molar-refractivity contribution < 1.29 is 26.2 Å². The normalized spacial score (nSPS) is 9.75. The Balaban J connectivity index is 0.000000185. The summed E-state index contributed by atoms with van der Waals surface area (Å²) in [6.07, 6.45) is 1.47. The first-order chi connectivity index (χ1) is 15.3. The summed E-state index contributed by atoms with van der Waals surface area (Å²) in [4.78, 5) is 0. The number of rotatable bonds is 0. The van der Waals surface area contributed by atoms with Gasteiger partial charge in [-0.1, -0.05) is 85.9 Å². The minimum absolute atomic E-state index is 0. The molecule has 0 N–H and O–H groups in total. The number of hydrogen-bond acceptors (Lipinski definition) is 0. The Morgan fingerprint density at radius 1 is 0.469 bits per heavy atom. The fourth-order valence-electron chi connectivity index (χ4n) is 3.81. The van der Waals surface area contributed by atoms with Crippen LogP contribution in [0, 0.1) is 0 Å². The smallest absolute Gasteiger partial charge is 0.130 e. The Morgan fingerprint density at radius 3 is 0.875 bits per heavy atom. The second-order valence-electron chi connectivity index (χ2n) is 7.14. The molecule has 0 heterocycles. The topological polar surface area (TPSA) is 0 Å². The fraction of sp³-hybridized carbons (Fsp3) is 0.103. The van der Waals surface area contributed by atoms with Crippen LogP contribution in [0.15, 0.2) is 109 Å². The average molecular weight is 530 g/mol. The van der Waals surface area contributed by atoms with Gasteiger partial charge in [-0.3, -0.25) is 0 Å². The first-order valence-electron chi connectivity index (χ1n) is 10.3. The van der Waals surface area contributed by atoms with E-state index in [4.69, 9.17) is 0 Å². The van der Waals surface area contributed by atoms with Crippen LogP contribution < -0.4 is 0 Å². The number of fused-ring (bicyclic) bond motifs is 6. The molecule has 0 spiro atoms. The van der Waals surface area contributed by atoms with Gasteiger partial charge < -0.3 is 0 Å². The molecule has 32 heavy (non-hydrogen) atoms. The molecule has 0 aromatic heterocycles. The molecule has 0 atom stereocenters. The molecule has 0 aliphatic rings. The summed E-state index contributed by atoms with van der Waals surface area (Å²) in [6.45, 7) is 4.31. The van der Waals surface area contributed by atoms with Crippen molar-refractivity contribution in [3.05, 3.63) is 109 Å². The van der Waals surface area contributed by atoms with Crippen molar-refractivity contribution >= 4 is 64.2 Å². The van der Waals surface area contributed by atoms with Crippen LogP contribution in [0.4, 0.5) is 0 Å². The quantitative estimate of drug-likeness (QED) is 0.104. The van der Waals surface area contributed by atoms with Gasteiger partial charge in [0, 0.05) is 15.9 Å². The first-order valence-corrected chi connectivity index (χ1v) is 13.1. The summed E-state index contributed by atoms with van der Waals surface area (Å²) in [5.74, 6) is 0. The molecule has 2 radical (unpaired) electrons. The molecule has 0 nitrogen and oxygen atoms in total. The SMILES string of the molecule is CCl.C[Si]C.[Zr+2].c1ccc2c(c1)[cH-]c1ccccc12.c1ccc2c(c1)[cH-]c1ccccc12. The number of benzene rings is 4. The van der Waals surface area contributed by atoms with Crippen LogP contribution in [-0.2, 0) is 26.2 Å². The van der Waals surface area contributed by atoms with E-state index in [1.165, 1.54) is 49.5 Å². The maximum Gasteiger partial charge on any atom is 2.00 e. The molecule has 0 bridgehead atoms. The zero-order valence-corrected chi connectivity index (χ0v) is 23.0. The van der Waals surface area contributed by atoms with Crippen LogP contribution in [-0.4, -0.2) is 15.9 Å². The van der Waals surface area contributed by atoms with Crippen molar-refractivity contribution in [2.75, 3.05) is 6.38 Å². The van der Waals surface area contributed by atoms with Crippen LogP contribution in [0.1, 0.15) is 0 Å². The van der Waals surface area contributed by atoms with Crippen molar-refractivity contribution in [2.24, 2.45) is 0 Å². The summed E-state index contributed by atoms with van der Waals surface area (Å²) in [5.41, 5.74) is 0. The maximum atomic E-state index is 4.64. The molecule has 0 unspecified atom stereocenters. The fourth-order valence-corrected chi connectivity index (χ4v) is 3.81. The number of halogens is 1. The molecule has 3 heteroatoms. The van der Waals surface area contributed by atoms with Crippen molar-refractivity contribution in [2.45, 2.75) is 13.1 Å². The Labute approximate surface area is 217 Å². The standard InChI is InChI=1S/2C13H9.C2H6Si.CH3Cl.Zr/c2*1-3-7-12-10(5-1)9-11-6-2-4-8-13(11)12;1-3-2;1-2;/h2*1-9H;1-2H3;1H3;/q2*-1;;;+2. The Bertz CT molecular complexity index is 1160. The predicted molar refractivity (Wildman–Crippen MR) is 143 cm³/mol. The van der Waals surface area contributed by atoms with Gasteiger partial charge in [0.25, 0.3) is 0 Å².